The molecule has 2 aromatic rings. The molecule has 0 aromatic heterocycles. The van der Waals surface area contributed by atoms with Crippen LogP contribution in [0.2, 0.25) is 5.04 Å². The van der Waals surface area contributed by atoms with Gasteiger partial charge in [-0.05, 0) is 67.9 Å². The third kappa shape index (κ3) is 7.64. The number of hydrogen-bond acceptors (Lipinski definition) is 6. The third-order valence-corrected chi connectivity index (χ3v) is 14.4. The lowest BCUT2D eigenvalue weighted by Crippen LogP contribution is -2.70. The van der Waals surface area contributed by atoms with Crippen molar-refractivity contribution in [1.29, 1.82) is 0 Å². The van der Waals surface area contributed by atoms with E-state index in [4.69, 9.17) is 14.7 Å². The first-order valence-electron chi connectivity index (χ1n) is 15.0. The lowest BCUT2D eigenvalue weighted by atomic mass is 9.89. The molecule has 0 radical (unpaired) electrons. The second-order valence-electron chi connectivity index (χ2n) is 13.1. The molecule has 234 valence electrons. The highest BCUT2D eigenvalue weighted by atomic mass is 32.2. The largest absolute Gasteiger partial charge is 0.591 e. The van der Waals surface area contributed by atoms with Crippen LogP contribution in [0.3, 0.4) is 0 Å². The van der Waals surface area contributed by atoms with Crippen molar-refractivity contribution < 1.29 is 18.5 Å². The van der Waals surface area contributed by atoms with Crippen molar-refractivity contribution in [2.75, 3.05) is 13.1 Å². The number of rotatable bonds is 13. The second kappa shape index (κ2) is 14.3. The molecule has 9 nitrogen and oxygen atoms in total. The predicted molar refractivity (Wildman–Crippen MR) is 178 cm³/mol. The minimum Gasteiger partial charge on any atom is -0.591 e. The summed E-state index contributed by atoms with van der Waals surface area (Å²) in [5.41, 5.74) is 7.52. The summed E-state index contributed by atoms with van der Waals surface area (Å²) in [4.78, 5) is 18.0. The first-order chi connectivity index (χ1) is 20.2. The Kier molecular flexibility index (Phi) is 11.5. The second-order valence-corrected chi connectivity index (χ2v) is 19.3. The molecule has 1 saturated heterocycles. The molecule has 1 aliphatic heterocycles. The average molecular weight is 626 g/mol. The number of hydrogen-bond donors (Lipinski definition) is 0. The maximum Gasteiger partial charge on any atom is 0.411 e. The van der Waals surface area contributed by atoms with Gasteiger partial charge in [-0.3, -0.25) is 4.90 Å². The van der Waals surface area contributed by atoms with Gasteiger partial charge in [0.05, 0.1) is 12.3 Å². The highest BCUT2D eigenvalue weighted by molar-refractivity contribution is 7.91. The van der Waals surface area contributed by atoms with Crippen LogP contribution < -0.4 is 10.4 Å². The van der Waals surface area contributed by atoms with Crippen molar-refractivity contribution in [3.8, 4) is 0 Å². The molecule has 3 rings (SSSR count). The van der Waals surface area contributed by atoms with Crippen molar-refractivity contribution in [3.05, 3.63) is 71.1 Å². The average Bonchev–Trinajstić information content (AvgIpc) is 3.20. The molecule has 0 spiro atoms. The van der Waals surface area contributed by atoms with Gasteiger partial charge < -0.3 is 13.7 Å². The van der Waals surface area contributed by atoms with Gasteiger partial charge in [0.15, 0.2) is 5.60 Å². The molecule has 0 aliphatic carbocycles. The van der Waals surface area contributed by atoms with Crippen LogP contribution >= 0.6 is 0 Å². The van der Waals surface area contributed by atoms with Crippen LogP contribution in [0.15, 0.2) is 70.2 Å². The summed E-state index contributed by atoms with van der Waals surface area (Å²) in [6.45, 7) is 16.9. The van der Waals surface area contributed by atoms with Crippen LogP contribution in [0.4, 0.5) is 4.79 Å². The molecule has 1 heterocycles. The smallest absolute Gasteiger partial charge is 0.411 e. The molecule has 0 bridgehead atoms. The van der Waals surface area contributed by atoms with E-state index in [-0.39, 0.29) is 5.04 Å². The SMILES string of the molecule is CC[C@@H](O[Si](c1ccccc1)(c1ccccc1)C(C)(C)C)[C@@]1(C)OC(=O)N(CCCCN=[N+]=[N-])[C@@H]1/C=N/[S@+]([O-])C(C)(C)C. The number of benzene rings is 2. The van der Waals surface area contributed by atoms with Crippen molar-refractivity contribution in [1.82, 2.24) is 4.90 Å². The zero-order valence-corrected chi connectivity index (χ0v) is 28.6. The van der Waals surface area contributed by atoms with E-state index in [1.165, 1.54) is 0 Å². The fourth-order valence-corrected chi connectivity index (χ4v) is 11.1. The Morgan fingerprint density at radius 3 is 2.12 bits per heavy atom. The minimum absolute atomic E-state index is 0.277. The Morgan fingerprint density at radius 2 is 1.65 bits per heavy atom. The van der Waals surface area contributed by atoms with Gasteiger partial charge in [-0.2, -0.15) is 0 Å². The lowest BCUT2D eigenvalue weighted by molar-refractivity contribution is -0.0405. The number of azide groups is 1. The first-order valence-corrected chi connectivity index (χ1v) is 18.0. The quantitative estimate of drug-likeness (QED) is 0.0477. The van der Waals surface area contributed by atoms with E-state index in [9.17, 15) is 9.35 Å². The zero-order valence-electron chi connectivity index (χ0n) is 26.8. The molecule has 43 heavy (non-hydrogen) atoms. The summed E-state index contributed by atoms with van der Waals surface area (Å²) in [6, 6.07) is 20.1. The van der Waals surface area contributed by atoms with Crippen LogP contribution in [0.5, 0.6) is 0 Å². The van der Waals surface area contributed by atoms with Crippen molar-refractivity contribution in [3.63, 3.8) is 0 Å². The Bertz CT molecular complexity index is 1240. The van der Waals surface area contributed by atoms with Gasteiger partial charge in [-0.15, -0.1) is 0 Å². The molecular formula is C32H47N5O4SSi. The van der Waals surface area contributed by atoms with Crippen LogP contribution in [0.1, 0.15) is 74.7 Å². The van der Waals surface area contributed by atoms with Crippen molar-refractivity contribution in [2.45, 2.75) is 102 Å². The Balaban J connectivity index is 2.14. The summed E-state index contributed by atoms with van der Waals surface area (Å²) in [5, 5.41) is 5.60. The van der Waals surface area contributed by atoms with Gasteiger partial charge in [0.2, 0.25) is 0 Å². The van der Waals surface area contributed by atoms with E-state index in [2.05, 4.69) is 59.5 Å². The van der Waals surface area contributed by atoms with Gasteiger partial charge in [-0.25, -0.2) is 4.79 Å². The summed E-state index contributed by atoms with van der Waals surface area (Å²) in [5.74, 6) is 0. The summed E-state index contributed by atoms with van der Waals surface area (Å²) >= 11 is -1.52. The Labute approximate surface area is 261 Å². The molecule has 0 saturated carbocycles. The molecular weight excluding hydrogens is 579 g/mol. The molecule has 1 fully saturated rings. The predicted octanol–water partition coefficient (Wildman–Crippen LogP) is 6.54. The number of carbonyl (C=O) groups excluding carboxylic acids is 1. The van der Waals surface area contributed by atoms with E-state index in [1.54, 1.807) is 11.1 Å². The molecule has 1 aliphatic rings. The van der Waals surface area contributed by atoms with E-state index >= 15 is 0 Å². The summed E-state index contributed by atoms with van der Waals surface area (Å²) in [6.07, 6.45) is 2.47. The van der Waals surface area contributed by atoms with E-state index < -0.39 is 48.3 Å². The molecule has 0 unspecified atom stereocenters. The number of nitrogens with zero attached hydrogens (tertiary/aromatic N) is 5. The number of carbonyl (C=O) groups is 1. The number of cyclic esters (lactones) is 1. The van der Waals surface area contributed by atoms with Gasteiger partial charge in [0.25, 0.3) is 8.32 Å². The fraction of sp³-hybridized carbons (Fsp3) is 0.562. The Morgan fingerprint density at radius 1 is 1.09 bits per heavy atom. The highest BCUT2D eigenvalue weighted by Gasteiger charge is 2.59. The van der Waals surface area contributed by atoms with Gasteiger partial charge in [-0.1, -0.05) is 97.9 Å². The molecule has 1 amide bonds. The maximum absolute atomic E-state index is 13.5. The van der Waals surface area contributed by atoms with Gasteiger partial charge in [0.1, 0.15) is 22.2 Å². The fourth-order valence-electron chi connectivity index (χ4n) is 5.74. The lowest BCUT2D eigenvalue weighted by Gasteiger charge is -2.48. The van der Waals surface area contributed by atoms with E-state index in [1.807, 2.05) is 71.0 Å². The third-order valence-electron chi connectivity index (χ3n) is 8.00. The normalized spacial score (nSPS) is 21.0. The van der Waals surface area contributed by atoms with E-state index in [0.29, 0.717) is 32.4 Å². The first kappa shape index (κ1) is 34.7. The van der Waals surface area contributed by atoms with Crippen LogP contribution in [-0.2, 0) is 20.5 Å². The number of amides is 1. The maximum atomic E-state index is 13.5. The summed E-state index contributed by atoms with van der Waals surface area (Å²) < 4.78 is 30.7. The monoisotopic (exact) mass is 625 g/mol. The molecule has 2 aromatic carbocycles. The van der Waals surface area contributed by atoms with Crippen LogP contribution in [0, 0.1) is 0 Å². The van der Waals surface area contributed by atoms with Crippen molar-refractivity contribution in [2.24, 2.45) is 9.51 Å². The highest BCUT2D eigenvalue weighted by Crippen LogP contribution is 2.42. The topological polar surface area (TPSA) is 123 Å². The molecule has 0 N–H and O–H groups in total. The van der Waals surface area contributed by atoms with Crippen LogP contribution in [-0.4, -0.2) is 65.7 Å². The number of ether oxygens (including phenoxy) is 1. The van der Waals surface area contributed by atoms with Gasteiger partial charge >= 0.3 is 6.09 Å². The molecule has 4 atom stereocenters. The Hall–Kier alpha value is -2.82. The minimum atomic E-state index is -3.00. The van der Waals surface area contributed by atoms with Crippen molar-refractivity contribution >= 4 is 42.4 Å². The zero-order chi connectivity index (χ0) is 31.9. The van der Waals surface area contributed by atoms with Crippen LogP contribution in [0.25, 0.3) is 10.4 Å². The number of unbranched alkanes of at least 4 members (excludes halogenated alkanes) is 1. The molecule has 11 heteroatoms. The van der Waals surface area contributed by atoms with Gasteiger partial charge in [0, 0.05) is 18.0 Å². The summed E-state index contributed by atoms with van der Waals surface area (Å²) in [7, 11) is -3.00. The van der Waals surface area contributed by atoms with E-state index in [0.717, 1.165) is 10.4 Å². The standard InChI is InChI=1S/C32H47N5O4SSi/c1-9-28(41-43(31(5,6)7,25-18-12-10-13-19-25)26-20-14-11-15-21-26)32(8)27(24-35-42(39)30(2,3)4)37(29(38)40-32)23-17-16-22-34-36-33/h10-15,18-21,24,27-28H,9,16-17,22-23H2,1-8H3/b35-24+/t27-,28-,32+,42-/m1/s1.